The number of aryl methyl sites for hydroxylation is 2. The number of hydrogen-bond acceptors (Lipinski definition) is 6. The lowest BCUT2D eigenvalue weighted by atomic mass is 9.98. The largest absolute Gasteiger partial charge is 0.384 e. The first-order valence-electron chi connectivity index (χ1n) is 12.2. The van der Waals surface area contributed by atoms with Crippen LogP contribution >= 0.6 is 12.2 Å². The van der Waals surface area contributed by atoms with Gasteiger partial charge in [-0.1, -0.05) is 81.0 Å². The summed E-state index contributed by atoms with van der Waals surface area (Å²) < 4.78 is 1.83. The number of thiocarbonyl (C=S) groups is 1. The van der Waals surface area contributed by atoms with Crippen LogP contribution in [0.4, 0.5) is 0 Å². The summed E-state index contributed by atoms with van der Waals surface area (Å²) in [5.74, 6) is 0.919. The molecule has 0 aliphatic heterocycles. The molecule has 8 nitrogen and oxygen atoms in total. The lowest BCUT2D eigenvalue weighted by Gasteiger charge is -2.16. The lowest BCUT2D eigenvalue weighted by Crippen LogP contribution is -2.30. The van der Waals surface area contributed by atoms with Crippen LogP contribution in [0.15, 0.2) is 53.3 Å². The Balaban J connectivity index is 0.000000874. The fourth-order valence-corrected chi connectivity index (χ4v) is 3.79. The zero-order chi connectivity index (χ0) is 28.0. The molecule has 0 saturated heterocycles. The molecule has 0 spiro atoms. The van der Waals surface area contributed by atoms with Crippen LogP contribution in [0.5, 0.6) is 0 Å². The zero-order valence-electron chi connectivity index (χ0n) is 22.5. The molecule has 198 valence electrons. The van der Waals surface area contributed by atoms with Gasteiger partial charge in [-0.3, -0.25) is 14.8 Å². The van der Waals surface area contributed by atoms with Gasteiger partial charge in [-0.2, -0.15) is 0 Å². The summed E-state index contributed by atoms with van der Waals surface area (Å²) in [5, 5.41) is 7.81. The predicted molar refractivity (Wildman–Crippen MR) is 156 cm³/mol. The number of nitrogens with zero attached hydrogens (tertiary/aromatic N) is 3. The Morgan fingerprint density at radius 1 is 1.11 bits per heavy atom. The third kappa shape index (κ3) is 9.02. The van der Waals surface area contributed by atoms with E-state index in [4.69, 9.17) is 27.2 Å². The van der Waals surface area contributed by atoms with Crippen LogP contribution < -0.4 is 11.3 Å². The topological polar surface area (TPSA) is 136 Å². The van der Waals surface area contributed by atoms with Gasteiger partial charge in [0.25, 0.3) is 5.56 Å². The van der Waals surface area contributed by atoms with Crippen molar-refractivity contribution in [2.24, 2.45) is 5.73 Å². The molecule has 37 heavy (non-hydrogen) atoms. The molecule has 0 amide bonds. The van der Waals surface area contributed by atoms with Gasteiger partial charge in [0, 0.05) is 37.3 Å². The molecule has 0 unspecified atom stereocenters. The van der Waals surface area contributed by atoms with Gasteiger partial charge in [0.2, 0.25) is 0 Å². The highest BCUT2D eigenvalue weighted by atomic mass is 32.1. The summed E-state index contributed by atoms with van der Waals surface area (Å²) >= 11 is 4.48. The molecule has 0 aliphatic rings. The molecule has 1 heterocycles. The van der Waals surface area contributed by atoms with Crippen LogP contribution in [0, 0.1) is 23.4 Å². The number of rotatable bonds is 9. The second kappa shape index (κ2) is 16.1. The van der Waals surface area contributed by atoms with Gasteiger partial charge < -0.3 is 10.6 Å². The van der Waals surface area contributed by atoms with E-state index in [1.165, 1.54) is 0 Å². The van der Waals surface area contributed by atoms with Crippen molar-refractivity contribution in [3.8, 4) is 11.1 Å². The Labute approximate surface area is 225 Å². The second-order valence-corrected chi connectivity index (χ2v) is 8.88. The summed E-state index contributed by atoms with van der Waals surface area (Å²) in [7, 11) is 3.79. The van der Waals surface area contributed by atoms with Crippen molar-refractivity contribution in [2.75, 3.05) is 14.1 Å². The number of benzene rings is 2. The van der Waals surface area contributed by atoms with Crippen molar-refractivity contribution >= 4 is 23.5 Å². The number of unbranched alkanes of at least 4 members (excludes halogenated alkanes) is 1. The van der Waals surface area contributed by atoms with Crippen LogP contribution in [-0.4, -0.2) is 39.9 Å². The first kappa shape index (κ1) is 31.3. The van der Waals surface area contributed by atoms with Gasteiger partial charge in [0.15, 0.2) is 0 Å². The van der Waals surface area contributed by atoms with Crippen molar-refractivity contribution in [1.29, 1.82) is 16.5 Å². The number of nitrogens with two attached hydrogens (primary N) is 1. The van der Waals surface area contributed by atoms with Crippen molar-refractivity contribution in [3.05, 3.63) is 87.1 Å². The quantitative estimate of drug-likeness (QED) is 0.127. The molecule has 3 rings (SSSR count). The van der Waals surface area contributed by atoms with Gasteiger partial charge in [-0.05, 0) is 36.5 Å². The summed E-state index contributed by atoms with van der Waals surface area (Å²) in [6, 6.07) is 15.8. The highest BCUT2D eigenvalue weighted by Gasteiger charge is 2.14. The van der Waals surface area contributed by atoms with E-state index in [9.17, 15) is 4.79 Å². The number of nitrogen functional groups attached to an aromatic ring is 1. The van der Waals surface area contributed by atoms with Gasteiger partial charge in [-0.25, -0.2) is 16.0 Å². The Morgan fingerprint density at radius 3 is 2.22 bits per heavy atom. The van der Waals surface area contributed by atoms with E-state index in [2.05, 4.69) is 19.1 Å². The Kier molecular flexibility index (Phi) is 13.6. The first-order chi connectivity index (χ1) is 17.7. The van der Waals surface area contributed by atoms with Crippen molar-refractivity contribution in [3.63, 3.8) is 0 Å². The van der Waals surface area contributed by atoms with E-state index in [1.807, 2.05) is 85.9 Å². The smallest absolute Gasteiger partial charge is 0.257 e. The number of nitrogens with one attached hydrogen (secondary N) is 3. The average Bonchev–Trinajstić information content (AvgIpc) is 2.91. The third-order valence-corrected chi connectivity index (χ3v) is 6.11. The van der Waals surface area contributed by atoms with E-state index < -0.39 is 0 Å². The van der Waals surface area contributed by atoms with Crippen molar-refractivity contribution in [2.45, 2.75) is 53.0 Å². The zero-order valence-corrected chi connectivity index (χ0v) is 23.3. The normalized spacial score (nSPS) is 9.86. The molecule has 0 fully saturated rings. The standard InChI is InChI=1S/C25H30N4O.C3H7NS.H2N2/c1-4-6-11-23-28-17(3)20(5-2)25(30)29(23)16-18-12-14-19(15-13-18)21-9-7-8-10-22(21)24(26)27;1-4(2)3-5;1-2/h7-10,12-15H,4-6,11,16H2,1-3H3,(H3,26,27);3H,1-2H3;1-2H. The Morgan fingerprint density at radius 2 is 1.70 bits per heavy atom. The lowest BCUT2D eigenvalue weighted by molar-refractivity contribution is 0.624. The highest BCUT2D eigenvalue weighted by Crippen LogP contribution is 2.24. The Hall–Kier alpha value is -3.72. The van der Waals surface area contributed by atoms with Crippen molar-refractivity contribution < 1.29 is 0 Å². The maximum atomic E-state index is 13.1. The van der Waals surface area contributed by atoms with E-state index in [0.29, 0.717) is 13.0 Å². The number of hydrogen-bond donors (Lipinski definition) is 4. The fraction of sp³-hybridized carbons (Fsp3) is 0.357. The molecule has 3 aromatic rings. The molecule has 1 aromatic heterocycles. The molecule has 0 saturated carbocycles. The minimum atomic E-state index is 0.0552. The summed E-state index contributed by atoms with van der Waals surface area (Å²) in [6.07, 6.45) is 3.57. The van der Waals surface area contributed by atoms with Gasteiger partial charge >= 0.3 is 0 Å². The number of amidine groups is 1. The van der Waals surface area contributed by atoms with E-state index in [1.54, 1.807) is 5.49 Å². The molecule has 0 atom stereocenters. The molecule has 5 N–H and O–H groups in total. The SMILES string of the molecule is CCCCc1nc(C)c(CC)c(=O)n1Cc1ccc(-c2ccccc2C(=N)N)cc1.CN(C)C=S.N=N. The van der Waals surface area contributed by atoms with Crippen LogP contribution in [0.1, 0.15) is 54.9 Å². The van der Waals surface area contributed by atoms with Crippen LogP contribution in [0.25, 0.3) is 11.1 Å². The maximum absolute atomic E-state index is 13.1. The first-order valence-corrected chi connectivity index (χ1v) is 12.7. The van der Waals surface area contributed by atoms with Crippen LogP contribution in [0.2, 0.25) is 0 Å². The highest BCUT2D eigenvalue weighted by molar-refractivity contribution is 7.78. The molecular formula is C28H39N7OS. The Bertz CT molecular complexity index is 1220. The summed E-state index contributed by atoms with van der Waals surface area (Å²) in [6.45, 7) is 6.59. The predicted octanol–water partition coefficient (Wildman–Crippen LogP) is 5.56. The molecule has 0 radical (unpaired) electrons. The van der Waals surface area contributed by atoms with Gasteiger partial charge in [0.05, 0.1) is 12.0 Å². The molecule has 2 aromatic carbocycles. The second-order valence-electron chi connectivity index (χ2n) is 8.67. The molecule has 0 bridgehead atoms. The summed E-state index contributed by atoms with van der Waals surface area (Å²) in [5.41, 5.74) is 22.7. The third-order valence-electron chi connectivity index (χ3n) is 5.69. The maximum Gasteiger partial charge on any atom is 0.257 e. The molecule has 0 aliphatic carbocycles. The van der Waals surface area contributed by atoms with Crippen LogP contribution in [0.3, 0.4) is 0 Å². The monoisotopic (exact) mass is 521 g/mol. The molecular weight excluding hydrogens is 482 g/mol. The van der Waals surface area contributed by atoms with E-state index in [0.717, 1.165) is 58.6 Å². The fourth-order valence-electron chi connectivity index (χ4n) is 3.79. The van der Waals surface area contributed by atoms with Crippen molar-refractivity contribution in [1.82, 2.24) is 14.5 Å². The van der Waals surface area contributed by atoms with E-state index >= 15 is 0 Å². The van der Waals surface area contributed by atoms with Crippen LogP contribution in [-0.2, 0) is 19.4 Å². The minimum Gasteiger partial charge on any atom is -0.384 e. The summed E-state index contributed by atoms with van der Waals surface area (Å²) in [4.78, 5) is 19.7. The minimum absolute atomic E-state index is 0.0552. The van der Waals surface area contributed by atoms with E-state index in [-0.39, 0.29) is 11.4 Å². The number of aromatic nitrogens is 2. The van der Waals surface area contributed by atoms with Gasteiger partial charge in [-0.15, -0.1) is 0 Å². The van der Waals surface area contributed by atoms with Gasteiger partial charge in [0.1, 0.15) is 11.7 Å². The molecule has 9 heteroatoms. The average molecular weight is 522 g/mol.